The minimum Gasteiger partial charge on any atom is -0.493 e. The highest BCUT2D eigenvalue weighted by molar-refractivity contribution is 6.06. The van der Waals surface area contributed by atoms with Gasteiger partial charge in [-0.2, -0.15) is 5.26 Å². The Balaban J connectivity index is 2.22. The summed E-state index contributed by atoms with van der Waals surface area (Å²) in [6.45, 7) is 4.14. The fraction of sp³-hybridized carbons (Fsp3) is 0.273. The average molecular weight is 379 g/mol. The van der Waals surface area contributed by atoms with E-state index in [0.29, 0.717) is 17.2 Å². The van der Waals surface area contributed by atoms with Gasteiger partial charge in [-0.15, -0.1) is 0 Å². The molecule has 146 valence electrons. The Morgan fingerprint density at radius 1 is 1.07 bits per heavy atom. The van der Waals surface area contributed by atoms with Gasteiger partial charge in [-0.05, 0) is 36.1 Å². The van der Waals surface area contributed by atoms with E-state index in [1.165, 1.54) is 20.4 Å². The summed E-state index contributed by atoms with van der Waals surface area (Å²) in [7, 11) is 3.06. The summed E-state index contributed by atoms with van der Waals surface area (Å²) in [6.07, 6.45) is 3.15. The third-order valence-corrected chi connectivity index (χ3v) is 4.37. The highest BCUT2D eigenvalue weighted by Crippen LogP contribution is 2.30. The van der Waals surface area contributed by atoms with Gasteiger partial charge in [0.15, 0.2) is 11.5 Å². The fourth-order valence-corrected chi connectivity index (χ4v) is 2.83. The molecule has 28 heavy (non-hydrogen) atoms. The predicted octanol–water partition coefficient (Wildman–Crippen LogP) is 4.29. The zero-order valence-corrected chi connectivity index (χ0v) is 16.6. The first-order valence-corrected chi connectivity index (χ1v) is 9.08. The Morgan fingerprint density at radius 2 is 1.71 bits per heavy atom. The van der Waals surface area contributed by atoms with Gasteiger partial charge in [0, 0.05) is 23.6 Å². The van der Waals surface area contributed by atoms with E-state index in [1.807, 2.05) is 24.3 Å². The molecule has 6 nitrogen and oxygen atoms in total. The SMILES string of the molecule is CCc1cccc(CC)c1N/C=C(/C#N)C(=O)Nc1ccc(OC)c(OC)c1. The first kappa shape index (κ1) is 20.8. The van der Waals surface area contributed by atoms with Gasteiger partial charge in [0.25, 0.3) is 5.91 Å². The number of methoxy groups -OCH3 is 2. The Kier molecular flexibility index (Phi) is 7.46. The number of carbonyl (C=O) groups is 1. The van der Waals surface area contributed by atoms with Gasteiger partial charge in [0.2, 0.25) is 0 Å². The van der Waals surface area contributed by atoms with Crippen molar-refractivity contribution in [2.24, 2.45) is 0 Å². The van der Waals surface area contributed by atoms with Crippen molar-refractivity contribution >= 4 is 17.3 Å². The molecular formula is C22H25N3O3. The van der Waals surface area contributed by atoms with Crippen molar-refractivity contribution in [3.05, 3.63) is 59.3 Å². The summed E-state index contributed by atoms with van der Waals surface area (Å²) in [4.78, 5) is 12.5. The maximum atomic E-state index is 12.5. The topological polar surface area (TPSA) is 83.4 Å². The molecule has 0 aromatic heterocycles. The smallest absolute Gasteiger partial charge is 0.267 e. The number of nitrogens with one attached hydrogen (secondary N) is 2. The lowest BCUT2D eigenvalue weighted by atomic mass is 10.0. The molecule has 1 amide bonds. The number of ether oxygens (including phenoxy) is 2. The molecule has 0 aliphatic carbocycles. The molecule has 0 aliphatic rings. The van der Waals surface area contributed by atoms with Crippen LogP contribution in [0.25, 0.3) is 0 Å². The second-order valence-corrected chi connectivity index (χ2v) is 6.00. The van der Waals surface area contributed by atoms with Crippen molar-refractivity contribution in [3.8, 4) is 17.6 Å². The minimum atomic E-state index is -0.505. The predicted molar refractivity (Wildman–Crippen MR) is 111 cm³/mol. The lowest BCUT2D eigenvalue weighted by molar-refractivity contribution is -0.112. The standard InChI is InChI=1S/C22H25N3O3/c1-5-15-8-7-9-16(6-2)21(15)24-14-17(13-23)22(26)25-18-10-11-19(27-3)20(12-18)28-4/h7-12,14,24H,5-6H2,1-4H3,(H,25,26)/b17-14-. The number of aryl methyl sites for hydroxylation is 2. The van der Waals surface area contributed by atoms with Gasteiger partial charge in [-0.3, -0.25) is 4.79 Å². The molecule has 0 fully saturated rings. The summed E-state index contributed by atoms with van der Waals surface area (Å²) < 4.78 is 10.4. The van der Waals surface area contributed by atoms with Gasteiger partial charge in [-0.1, -0.05) is 32.0 Å². The van der Waals surface area contributed by atoms with Gasteiger partial charge < -0.3 is 20.1 Å². The van der Waals surface area contributed by atoms with E-state index in [1.54, 1.807) is 18.2 Å². The average Bonchev–Trinajstić information content (AvgIpc) is 2.73. The van der Waals surface area contributed by atoms with Gasteiger partial charge in [0.05, 0.1) is 14.2 Å². The number of hydrogen-bond donors (Lipinski definition) is 2. The Bertz CT molecular complexity index is 891. The molecule has 0 aliphatic heterocycles. The number of benzene rings is 2. The van der Waals surface area contributed by atoms with Crippen molar-refractivity contribution in [1.82, 2.24) is 0 Å². The van der Waals surface area contributed by atoms with Crippen LogP contribution in [0.3, 0.4) is 0 Å². The molecule has 2 rings (SSSR count). The number of hydrogen-bond acceptors (Lipinski definition) is 5. The van der Waals surface area contributed by atoms with E-state index in [-0.39, 0.29) is 5.57 Å². The Hall–Kier alpha value is -3.46. The van der Waals surface area contributed by atoms with Crippen LogP contribution >= 0.6 is 0 Å². The molecule has 0 heterocycles. The molecule has 0 saturated carbocycles. The lowest BCUT2D eigenvalue weighted by Gasteiger charge is -2.13. The van der Waals surface area contributed by atoms with Crippen molar-refractivity contribution < 1.29 is 14.3 Å². The van der Waals surface area contributed by atoms with E-state index < -0.39 is 5.91 Å². The number of carbonyl (C=O) groups excluding carboxylic acids is 1. The maximum absolute atomic E-state index is 12.5. The van der Waals surface area contributed by atoms with Crippen LogP contribution in [0.1, 0.15) is 25.0 Å². The molecule has 0 spiro atoms. The van der Waals surface area contributed by atoms with Gasteiger partial charge in [-0.25, -0.2) is 0 Å². The number of nitriles is 1. The lowest BCUT2D eigenvalue weighted by Crippen LogP contribution is -2.15. The van der Waals surface area contributed by atoms with E-state index in [9.17, 15) is 10.1 Å². The molecule has 2 aromatic rings. The number of amides is 1. The summed E-state index contributed by atoms with van der Waals surface area (Å²) in [6, 6.07) is 13.0. The highest BCUT2D eigenvalue weighted by atomic mass is 16.5. The second-order valence-electron chi connectivity index (χ2n) is 6.00. The summed E-state index contributed by atoms with van der Waals surface area (Å²) in [5, 5.41) is 15.3. The van der Waals surface area contributed by atoms with Crippen molar-refractivity contribution in [2.75, 3.05) is 24.9 Å². The zero-order valence-electron chi connectivity index (χ0n) is 16.6. The summed E-state index contributed by atoms with van der Waals surface area (Å²) in [5.41, 5.74) is 3.69. The van der Waals surface area contributed by atoms with Crippen LogP contribution in [0.5, 0.6) is 11.5 Å². The molecule has 0 saturated heterocycles. The normalized spacial score (nSPS) is 10.8. The summed E-state index contributed by atoms with van der Waals surface area (Å²) in [5.74, 6) is 0.543. The molecule has 2 aromatic carbocycles. The van der Waals surface area contributed by atoms with Crippen LogP contribution in [0.2, 0.25) is 0 Å². The second kappa shape index (κ2) is 10.0. The van der Waals surface area contributed by atoms with E-state index in [0.717, 1.165) is 29.7 Å². The Morgan fingerprint density at radius 3 is 2.25 bits per heavy atom. The van der Waals surface area contributed by atoms with Crippen molar-refractivity contribution in [1.29, 1.82) is 5.26 Å². The van der Waals surface area contributed by atoms with Crippen LogP contribution in [0, 0.1) is 11.3 Å². The molecule has 0 atom stereocenters. The van der Waals surface area contributed by atoms with Gasteiger partial charge >= 0.3 is 0 Å². The minimum absolute atomic E-state index is 0.0252. The third kappa shape index (κ3) is 4.83. The van der Waals surface area contributed by atoms with Crippen LogP contribution < -0.4 is 20.1 Å². The third-order valence-electron chi connectivity index (χ3n) is 4.37. The number of anilines is 2. The Labute approximate surface area is 165 Å². The number of para-hydroxylation sites is 1. The van der Waals surface area contributed by atoms with E-state index in [4.69, 9.17) is 9.47 Å². The number of rotatable bonds is 8. The van der Waals surface area contributed by atoms with E-state index >= 15 is 0 Å². The summed E-state index contributed by atoms with van der Waals surface area (Å²) >= 11 is 0. The quantitative estimate of drug-likeness (QED) is 0.528. The van der Waals surface area contributed by atoms with Crippen LogP contribution in [0.4, 0.5) is 11.4 Å². The first-order chi connectivity index (χ1) is 13.6. The monoisotopic (exact) mass is 379 g/mol. The molecule has 0 radical (unpaired) electrons. The van der Waals surface area contributed by atoms with Crippen LogP contribution in [-0.2, 0) is 17.6 Å². The van der Waals surface area contributed by atoms with Crippen molar-refractivity contribution in [3.63, 3.8) is 0 Å². The highest BCUT2D eigenvalue weighted by Gasteiger charge is 2.12. The fourth-order valence-electron chi connectivity index (χ4n) is 2.83. The number of nitrogens with zero attached hydrogens (tertiary/aromatic N) is 1. The largest absolute Gasteiger partial charge is 0.493 e. The molecule has 0 bridgehead atoms. The molecule has 6 heteroatoms. The van der Waals surface area contributed by atoms with E-state index in [2.05, 4.69) is 24.5 Å². The van der Waals surface area contributed by atoms with Gasteiger partial charge in [0.1, 0.15) is 11.6 Å². The molecule has 2 N–H and O–H groups in total. The molecule has 0 unspecified atom stereocenters. The molecular weight excluding hydrogens is 354 g/mol. The van der Waals surface area contributed by atoms with Crippen LogP contribution in [-0.4, -0.2) is 20.1 Å². The van der Waals surface area contributed by atoms with Crippen LogP contribution in [0.15, 0.2) is 48.2 Å². The maximum Gasteiger partial charge on any atom is 0.267 e. The first-order valence-electron chi connectivity index (χ1n) is 9.08. The van der Waals surface area contributed by atoms with Crippen molar-refractivity contribution in [2.45, 2.75) is 26.7 Å². The zero-order chi connectivity index (χ0) is 20.5.